The molecule has 0 bridgehead atoms. The van der Waals surface area contributed by atoms with Gasteiger partial charge in [-0.2, -0.15) is 0 Å². The van der Waals surface area contributed by atoms with E-state index in [0.29, 0.717) is 0 Å². The fourth-order valence-electron chi connectivity index (χ4n) is 39.1. The summed E-state index contributed by atoms with van der Waals surface area (Å²) in [5, 5.41) is 0. The minimum atomic E-state index is -2.25. The van der Waals surface area contributed by atoms with E-state index in [2.05, 4.69) is 235 Å². The van der Waals surface area contributed by atoms with Gasteiger partial charge in [-0.3, -0.25) is 0 Å². The van der Waals surface area contributed by atoms with Crippen LogP contribution in [0, 0.1) is 0 Å². The summed E-state index contributed by atoms with van der Waals surface area (Å²) in [6.45, 7) is 98.4. The van der Waals surface area contributed by atoms with Crippen LogP contribution in [0.5, 0.6) is 0 Å². The van der Waals surface area contributed by atoms with Crippen molar-refractivity contribution in [3.63, 3.8) is 0 Å². The van der Waals surface area contributed by atoms with Gasteiger partial charge < -0.3 is 0 Å². The Balaban J connectivity index is 12.5. The summed E-state index contributed by atoms with van der Waals surface area (Å²) in [5.41, 5.74) is 0. The highest BCUT2D eigenvalue weighted by molar-refractivity contribution is 8.08. The molecule has 0 unspecified atom stereocenters. The molecule has 121 heavy (non-hydrogen) atoms. The Bertz CT molecular complexity index is 2380. The van der Waals surface area contributed by atoms with Crippen LogP contribution in [0.25, 0.3) is 0 Å². The molecule has 0 rings (SSSR count). The maximum atomic E-state index is 2.99. The fraction of sp³-hybridized carbons (Fsp3) is 1.00. The van der Waals surface area contributed by atoms with E-state index in [4.69, 9.17) is 0 Å². The van der Waals surface area contributed by atoms with Gasteiger partial charge in [-0.1, -0.05) is 678 Å². The van der Waals surface area contributed by atoms with Gasteiger partial charge in [0.25, 0.3) is 0 Å². The molecule has 0 N–H and O–H groups in total. The first-order valence-electron chi connectivity index (χ1n) is 58.3. The first-order valence-corrected chi connectivity index (χ1v) is 112. The molecule has 728 valence electrons. The summed E-state index contributed by atoms with van der Waals surface area (Å²) >= 11 is 0. The summed E-state index contributed by atoms with van der Waals surface area (Å²) < 4.78 is 0. The van der Waals surface area contributed by atoms with Gasteiger partial charge in [0, 0.05) is 116 Å². The minimum absolute atomic E-state index is 1.51. The van der Waals surface area contributed by atoms with Crippen molar-refractivity contribution in [2.75, 3.05) is 0 Å². The normalized spacial score (nSPS) is 14.2. The lowest BCUT2D eigenvalue weighted by Gasteiger charge is -2.77. The van der Waals surface area contributed by atoms with E-state index in [9.17, 15) is 0 Å². The Hall–Kier alpha value is 3.47. The van der Waals surface area contributed by atoms with Crippen molar-refractivity contribution in [1.29, 1.82) is 0 Å². The summed E-state index contributed by atoms with van der Waals surface area (Å²) in [5.74, 6) is 0. The lowest BCUT2D eigenvalue weighted by atomic mass is 10.5. The van der Waals surface area contributed by atoms with Crippen molar-refractivity contribution in [2.45, 2.75) is 678 Å². The quantitative estimate of drug-likeness (QED) is 0.0533. The van der Waals surface area contributed by atoms with Gasteiger partial charge >= 0.3 is 0 Å². The lowest BCUT2D eigenvalue weighted by molar-refractivity contribution is 0.892. The number of rotatable bonds is 86. The molecule has 0 aromatic carbocycles. The summed E-state index contributed by atoms with van der Waals surface area (Å²) in [6.07, 6.45) is 54.5. The topological polar surface area (TPSA) is 0 Å². The average molecular weight is 1960 g/mol. The van der Waals surface area contributed by atoms with Crippen LogP contribution < -0.4 is 0 Å². The van der Waals surface area contributed by atoms with E-state index in [0.717, 1.165) is 0 Å². The molecule has 0 atom stereocenters. The molecule has 0 saturated carbocycles. The van der Waals surface area contributed by atoms with Crippen LogP contribution in [0.3, 0.4) is 0 Å². The van der Waals surface area contributed by atoms with Crippen molar-refractivity contribution >= 4 is 116 Å². The Morgan fingerprint density at radius 2 is 0.140 bits per heavy atom. The first-order chi connectivity index (χ1) is 58.3. The molecule has 0 spiro atoms. The molecule has 16 heteroatoms. The zero-order chi connectivity index (χ0) is 92.2. The number of hydrogen-bond acceptors (Lipinski definition) is 0. The predicted octanol–water partition coefficient (Wildman–Crippen LogP) is 41.6. The van der Waals surface area contributed by atoms with Crippen LogP contribution in [0.1, 0.15) is 460 Å². The summed E-state index contributed by atoms with van der Waals surface area (Å²) in [4.78, 5) is 0. The highest BCUT2D eigenvalue weighted by Gasteiger charge is 2.84. The highest BCUT2D eigenvalue weighted by Crippen LogP contribution is 2.68. The van der Waals surface area contributed by atoms with Gasteiger partial charge in [0.05, 0.1) is 0 Å². The van der Waals surface area contributed by atoms with Gasteiger partial charge in [0.1, 0.15) is 0 Å². The third-order valence-corrected chi connectivity index (χ3v) is 366. The molecular weight excluding hydrogens is 1710 g/mol. The molecule has 0 radical (unpaired) electrons. The second-order valence-electron chi connectivity index (χ2n) is 44.5. The molecule has 0 nitrogen and oxygen atoms in total. The van der Waals surface area contributed by atoms with E-state index in [1.165, 1.54) is 77.0 Å². The Labute approximate surface area is 786 Å². The van der Waals surface area contributed by atoms with Crippen molar-refractivity contribution in [1.82, 2.24) is 0 Å². The first kappa shape index (κ1) is 124. The SMILES string of the molecule is CCC[Si](CCC)(CCC)[Si](CCC)(CCC)[Si](CCC)(CCC)[Si](CCC)(CCC)[Si](CCC)(CCC)[Si](CCC)(CCC)CCC[Si](CCC)(CCC)[Si](CCC)(CCC)[Si](CCC)(CCC)[Si](CCC)(CCC)[Si](CCC)(CCC)[Si](CCC)(CCC)[Si](CCC)(CCC)[Si](CCC)(CCC)[Si](CCC)(CCC)[Si](CCC)(CCC)CCC. The standard InChI is InChI=1S/C105H244Si16/c1-35-70-106(71-36-2,72-37-3)110(80-45-11,81-46-12)114(88-53-19,89-54-20)115(90-55-21,91-56-22)112(84-49-15,85-50-16)108(76-41-7,77-42-8)104-69-105-109(78-43-9,79-44-10)113(86-51-17,87-52-18)117(94-59-25,95-60-26)119(98-63-29,99-64-30)121(102-67-33,103-68-34)120(100-65-31,101-66-32)118(96-61-27,97-62-28)116(92-57-23,93-58-24)111(82-47-13,83-48-14)107(73-38-4,74-39-5)75-40-6/h35-105H2,1-34H3. The fourth-order valence-corrected chi connectivity index (χ4v) is 604. The van der Waals surface area contributed by atoms with Crippen molar-refractivity contribution in [3.8, 4) is 0 Å². The van der Waals surface area contributed by atoms with Crippen LogP contribution in [-0.2, 0) is 0 Å². The maximum absolute atomic E-state index is 2.99. The van der Waals surface area contributed by atoms with E-state index in [-0.39, 0.29) is 0 Å². The van der Waals surface area contributed by atoms with Crippen molar-refractivity contribution in [2.24, 2.45) is 0 Å². The number of hydrogen-bond donors (Lipinski definition) is 0. The highest BCUT2D eigenvalue weighted by atomic mass is 30.1. The molecule has 0 fully saturated rings. The monoisotopic (exact) mass is 1950 g/mol. The lowest BCUT2D eigenvalue weighted by Crippen LogP contribution is -3.01. The average Bonchev–Trinajstić information content (AvgIpc) is 0.649. The summed E-state index contributed by atoms with van der Waals surface area (Å²) in [7, 11) is -32.6. The molecule has 0 aliphatic rings. The van der Waals surface area contributed by atoms with E-state index >= 15 is 0 Å². The van der Waals surface area contributed by atoms with Crippen LogP contribution >= 0.6 is 0 Å². The third kappa shape index (κ3) is 24.4. The van der Waals surface area contributed by atoms with Gasteiger partial charge in [-0.25, -0.2) is 0 Å². The molecule has 0 aromatic rings. The zero-order valence-corrected chi connectivity index (χ0v) is 108. The Morgan fingerprint density at radius 1 is 0.0744 bits per heavy atom. The second kappa shape index (κ2) is 63.7. The van der Waals surface area contributed by atoms with Gasteiger partial charge in [-0.15, -0.1) is 0 Å². The van der Waals surface area contributed by atoms with Gasteiger partial charge in [0.2, 0.25) is 0 Å². The molecule has 0 aromatic heterocycles. The molecule has 0 amide bonds. The van der Waals surface area contributed by atoms with E-state index in [1.807, 2.05) is 145 Å². The molecule has 0 heterocycles. The van der Waals surface area contributed by atoms with Crippen LogP contribution in [0.4, 0.5) is 0 Å². The molecule has 0 saturated heterocycles. The molecular formula is C105H244Si16. The van der Waals surface area contributed by atoms with E-state index in [1.54, 1.807) is 220 Å². The largest absolute Gasteiger partial charge is 0.0657 e. The second-order valence-corrected chi connectivity index (χ2v) is 198. The van der Waals surface area contributed by atoms with Crippen molar-refractivity contribution in [3.05, 3.63) is 0 Å². The Morgan fingerprint density at radius 3 is 0.223 bits per heavy atom. The van der Waals surface area contributed by atoms with Gasteiger partial charge in [-0.05, 0) is 0 Å². The molecule has 0 aliphatic heterocycles. The van der Waals surface area contributed by atoms with Crippen LogP contribution in [0.15, 0.2) is 0 Å². The smallest absolute Gasteiger partial charge is 0.0450 e. The van der Waals surface area contributed by atoms with E-state index < -0.39 is 116 Å². The van der Waals surface area contributed by atoms with Crippen LogP contribution in [-0.4, -0.2) is 116 Å². The maximum Gasteiger partial charge on any atom is 0.0450 e. The summed E-state index contributed by atoms with van der Waals surface area (Å²) in [6, 6.07) is 65.4. The predicted molar refractivity (Wildman–Crippen MR) is 620 cm³/mol. The minimum Gasteiger partial charge on any atom is -0.0657 e. The molecule has 0 aliphatic carbocycles. The van der Waals surface area contributed by atoms with Gasteiger partial charge in [0.15, 0.2) is 0 Å². The zero-order valence-electron chi connectivity index (χ0n) is 92.2. The van der Waals surface area contributed by atoms with Crippen molar-refractivity contribution < 1.29 is 0 Å². The van der Waals surface area contributed by atoms with Crippen LogP contribution in [0.2, 0.25) is 218 Å². The third-order valence-electron chi connectivity index (χ3n) is 38.1. The Kier molecular flexibility index (Phi) is 65.6.